The monoisotopic (exact) mass is 393 g/mol. The fourth-order valence-corrected chi connectivity index (χ4v) is 2.77. The van der Waals surface area contributed by atoms with Crippen LogP contribution in [0, 0.1) is 5.41 Å². The number of alkyl halides is 6. The highest BCUT2D eigenvalue weighted by Gasteiger charge is 2.58. The van der Waals surface area contributed by atoms with Gasteiger partial charge in [0.25, 0.3) is 5.91 Å². The summed E-state index contributed by atoms with van der Waals surface area (Å²) in [5.74, 6) is -2.70. The van der Waals surface area contributed by atoms with Gasteiger partial charge in [0.2, 0.25) is 5.82 Å². The third-order valence-corrected chi connectivity index (χ3v) is 4.55. The number of carbonyl (C=O) groups excluding carboxylic acids is 1. The van der Waals surface area contributed by atoms with Gasteiger partial charge >= 0.3 is 18.2 Å². The van der Waals surface area contributed by atoms with Crippen LogP contribution in [-0.4, -0.2) is 28.8 Å². The summed E-state index contributed by atoms with van der Waals surface area (Å²) >= 11 is 0. The van der Waals surface area contributed by atoms with Gasteiger partial charge in [0.1, 0.15) is 0 Å². The maximum atomic E-state index is 13.1. The van der Waals surface area contributed by atoms with Gasteiger partial charge in [-0.25, -0.2) is 0 Å². The van der Waals surface area contributed by atoms with E-state index in [9.17, 15) is 31.1 Å². The van der Waals surface area contributed by atoms with E-state index >= 15 is 0 Å². The molecule has 1 saturated carbocycles. The van der Waals surface area contributed by atoms with E-state index < -0.39 is 36.1 Å². The quantitative estimate of drug-likeness (QED) is 0.790. The Morgan fingerprint density at radius 3 is 2.41 bits per heavy atom. The van der Waals surface area contributed by atoms with Crippen molar-refractivity contribution in [1.29, 1.82) is 0 Å². The minimum Gasteiger partial charge on any atom is -0.351 e. The minimum atomic E-state index is -4.81. The molecule has 3 rings (SSSR count). The lowest BCUT2D eigenvalue weighted by Crippen LogP contribution is -2.51. The van der Waals surface area contributed by atoms with Crippen molar-refractivity contribution in [3.63, 3.8) is 0 Å². The summed E-state index contributed by atoms with van der Waals surface area (Å²) < 4.78 is 81.1. The molecular formula is C16H13F6N3O2. The van der Waals surface area contributed by atoms with Gasteiger partial charge in [-0.05, 0) is 25.0 Å². The Morgan fingerprint density at radius 1 is 1.19 bits per heavy atom. The molecular weight excluding hydrogens is 380 g/mol. The number of aromatic nitrogens is 2. The summed E-state index contributed by atoms with van der Waals surface area (Å²) in [6.07, 6.45) is -8.90. The van der Waals surface area contributed by atoms with Gasteiger partial charge in [-0.15, -0.1) is 0 Å². The molecule has 1 aromatic carbocycles. The molecule has 11 heteroatoms. The predicted molar refractivity (Wildman–Crippen MR) is 79.4 cm³/mol. The van der Waals surface area contributed by atoms with Crippen LogP contribution in [0.4, 0.5) is 26.3 Å². The summed E-state index contributed by atoms with van der Waals surface area (Å²) in [6, 6.07) is 5.22. The van der Waals surface area contributed by atoms with Crippen LogP contribution in [0.1, 0.15) is 35.5 Å². The lowest BCUT2D eigenvalue weighted by molar-refractivity contribution is -0.247. The van der Waals surface area contributed by atoms with E-state index in [-0.39, 0.29) is 29.8 Å². The van der Waals surface area contributed by atoms with E-state index in [4.69, 9.17) is 0 Å². The maximum absolute atomic E-state index is 13.1. The van der Waals surface area contributed by atoms with E-state index in [2.05, 4.69) is 20.0 Å². The first-order valence-corrected chi connectivity index (χ1v) is 7.88. The molecule has 0 aliphatic heterocycles. The van der Waals surface area contributed by atoms with Crippen LogP contribution < -0.4 is 5.32 Å². The van der Waals surface area contributed by atoms with Crippen molar-refractivity contribution in [2.24, 2.45) is 5.41 Å². The summed E-state index contributed by atoms with van der Waals surface area (Å²) in [7, 11) is 0. The molecule has 0 spiro atoms. The largest absolute Gasteiger partial charge is 0.471 e. The number of rotatable bonds is 4. The molecule has 0 saturated heterocycles. The topological polar surface area (TPSA) is 68.0 Å². The number of nitrogens with zero attached hydrogens (tertiary/aromatic N) is 2. The molecule has 1 aliphatic carbocycles. The number of amides is 1. The molecule has 1 amide bonds. The van der Waals surface area contributed by atoms with Gasteiger partial charge in [0.05, 0.1) is 5.41 Å². The zero-order chi connectivity index (χ0) is 19.9. The minimum absolute atomic E-state index is 0.0255. The van der Waals surface area contributed by atoms with Crippen LogP contribution in [0.2, 0.25) is 0 Å². The van der Waals surface area contributed by atoms with Crippen LogP contribution in [-0.2, 0) is 6.18 Å². The molecule has 1 fully saturated rings. The van der Waals surface area contributed by atoms with Crippen LogP contribution >= 0.6 is 0 Å². The van der Waals surface area contributed by atoms with Crippen molar-refractivity contribution in [2.75, 3.05) is 6.54 Å². The number of hydrogen-bond donors (Lipinski definition) is 1. The predicted octanol–water partition coefficient (Wildman–Crippen LogP) is 4.22. The Balaban J connectivity index is 1.74. The van der Waals surface area contributed by atoms with Crippen molar-refractivity contribution in [3.8, 4) is 11.4 Å². The smallest absolute Gasteiger partial charge is 0.351 e. The van der Waals surface area contributed by atoms with E-state index in [1.165, 1.54) is 24.3 Å². The van der Waals surface area contributed by atoms with Gasteiger partial charge in [-0.2, -0.15) is 31.3 Å². The summed E-state index contributed by atoms with van der Waals surface area (Å²) in [6.45, 7) is -0.556. The number of carbonyl (C=O) groups is 1. The first-order valence-electron chi connectivity index (χ1n) is 7.88. The molecule has 1 heterocycles. The molecule has 1 aromatic heterocycles. The molecule has 0 unspecified atom stereocenters. The summed E-state index contributed by atoms with van der Waals surface area (Å²) in [5.41, 5.74) is -1.88. The zero-order valence-electron chi connectivity index (χ0n) is 13.6. The van der Waals surface area contributed by atoms with Gasteiger partial charge in [-0.3, -0.25) is 4.79 Å². The highest BCUT2D eigenvalue weighted by atomic mass is 19.4. The molecule has 0 atom stereocenters. The fourth-order valence-electron chi connectivity index (χ4n) is 2.77. The normalized spacial score (nSPS) is 16.7. The summed E-state index contributed by atoms with van der Waals surface area (Å²) in [5, 5.41) is 5.46. The number of benzene rings is 1. The average molecular weight is 393 g/mol. The number of hydrogen-bond acceptors (Lipinski definition) is 4. The SMILES string of the molecule is O=C(NCC1(C(F)(F)F)CCC1)c1cccc(-c2noc(C(F)(F)F)n2)c1. The molecule has 1 N–H and O–H groups in total. The first kappa shape index (κ1) is 19.2. The van der Waals surface area contributed by atoms with Gasteiger partial charge < -0.3 is 9.84 Å². The van der Waals surface area contributed by atoms with Gasteiger partial charge in [-0.1, -0.05) is 23.7 Å². The third-order valence-electron chi connectivity index (χ3n) is 4.55. The van der Waals surface area contributed by atoms with E-state index in [0.29, 0.717) is 6.42 Å². The fraction of sp³-hybridized carbons (Fsp3) is 0.438. The van der Waals surface area contributed by atoms with Crippen LogP contribution in [0.5, 0.6) is 0 Å². The van der Waals surface area contributed by atoms with Crippen molar-refractivity contribution < 1.29 is 35.7 Å². The highest BCUT2D eigenvalue weighted by molar-refractivity contribution is 5.95. The summed E-state index contributed by atoms with van der Waals surface area (Å²) in [4.78, 5) is 15.4. The Morgan fingerprint density at radius 2 is 1.89 bits per heavy atom. The molecule has 146 valence electrons. The Bertz CT molecular complexity index is 839. The van der Waals surface area contributed by atoms with E-state index in [1.807, 2.05) is 0 Å². The van der Waals surface area contributed by atoms with Crippen molar-refractivity contribution in [3.05, 3.63) is 35.7 Å². The molecule has 2 aromatic rings. The molecule has 0 radical (unpaired) electrons. The Labute approximate surface area is 148 Å². The second-order valence-electron chi connectivity index (χ2n) is 6.32. The number of nitrogens with one attached hydrogen (secondary N) is 1. The van der Waals surface area contributed by atoms with Crippen molar-refractivity contribution in [2.45, 2.75) is 31.6 Å². The molecule has 1 aliphatic rings. The molecule has 27 heavy (non-hydrogen) atoms. The number of halogens is 6. The first-order chi connectivity index (χ1) is 12.5. The highest BCUT2D eigenvalue weighted by Crippen LogP contribution is 2.52. The van der Waals surface area contributed by atoms with Crippen LogP contribution in [0.15, 0.2) is 28.8 Å². The molecule has 5 nitrogen and oxygen atoms in total. The van der Waals surface area contributed by atoms with E-state index in [1.54, 1.807) is 0 Å². The van der Waals surface area contributed by atoms with Gasteiger partial charge in [0, 0.05) is 17.7 Å². The van der Waals surface area contributed by atoms with Crippen molar-refractivity contribution >= 4 is 5.91 Å². The van der Waals surface area contributed by atoms with Crippen LogP contribution in [0.3, 0.4) is 0 Å². The Kier molecular flexibility index (Phi) is 4.64. The maximum Gasteiger partial charge on any atom is 0.471 e. The average Bonchev–Trinajstić information content (AvgIpc) is 3.02. The zero-order valence-corrected chi connectivity index (χ0v) is 13.6. The lowest BCUT2D eigenvalue weighted by atomic mass is 9.68. The second kappa shape index (κ2) is 6.54. The third kappa shape index (κ3) is 3.76. The van der Waals surface area contributed by atoms with Gasteiger partial charge in [0.15, 0.2) is 0 Å². The lowest BCUT2D eigenvalue weighted by Gasteiger charge is -2.43. The van der Waals surface area contributed by atoms with E-state index in [0.717, 1.165) is 0 Å². The van der Waals surface area contributed by atoms with Crippen LogP contribution in [0.25, 0.3) is 11.4 Å². The Hall–Kier alpha value is -2.59. The standard InChI is InChI=1S/C16H13F6N3O2/c17-15(18,19)13-24-11(25-27-13)9-3-1-4-10(7-9)12(26)23-8-14(5-2-6-14)16(20,21)22/h1,3-4,7H,2,5-6,8H2,(H,23,26). The second-order valence-corrected chi connectivity index (χ2v) is 6.32. The molecule has 0 bridgehead atoms. The van der Waals surface area contributed by atoms with Crippen molar-refractivity contribution in [1.82, 2.24) is 15.5 Å².